The zero-order valence-corrected chi connectivity index (χ0v) is 6.11. The minimum absolute atomic E-state index is 0.233. The van der Waals surface area contributed by atoms with Crippen molar-refractivity contribution in [1.29, 1.82) is 0 Å². The smallest absolute Gasteiger partial charge is 0.206 e. The number of alkyl halides is 2. The highest BCUT2D eigenvalue weighted by Crippen LogP contribution is 2.63. The molecule has 0 radical (unpaired) electrons. The predicted molar refractivity (Wildman–Crippen MR) is 34.9 cm³/mol. The number of hydrogen-bond donors (Lipinski definition) is 0. The van der Waals surface area contributed by atoms with E-state index >= 15 is 0 Å². The van der Waals surface area contributed by atoms with Crippen LogP contribution in [-0.4, -0.2) is 5.92 Å². The summed E-state index contributed by atoms with van der Waals surface area (Å²) in [7, 11) is 0. The second-order valence-electron chi connectivity index (χ2n) is 3.81. The highest BCUT2D eigenvalue weighted by Gasteiger charge is 2.68. The van der Waals surface area contributed by atoms with Crippen LogP contribution in [0, 0.1) is 17.8 Å². The Hall–Kier alpha value is -0.140. The van der Waals surface area contributed by atoms with Gasteiger partial charge in [-0.3, -0.25) is 0 Å². The Labute approximate surface area is 59.6 Å². The van der Waals surface area contributed by atoms with E-state index in [-0.39, 0.29) is 11.8 Å². The summed E-state index contributed by atoms with van der Waals surface area (Å²) in [5.74, 6) is -2.21. The van der Waals surface area contributed by atoms with E-state index in [2.05, 4.69) is 6.92 Å². The molecule has 0 nitrogen and oxygen atoms in total. The zero-order valence-electron chi connectivity index (χ0n) is 6.11. The van der Waals surface area contributed by atoms with Gasteiger partial charge in [0.05, 0.1) is 0 Å². The largest absolute Gasteiger partial charge is 0.254 e. The van der Waals surface area contributed by atoms with Gasteiger partial charge in [0.2, 0.25) is 0 Å². The van der Waals surface area contributed by atoms with Gasteiger partial charge in [-0.05, 0) is 18.8 Å². The molecule has 3 atom stereocenters. The fourth-order valence-electron chi connectivity index (χ4n) is 2.19. The lowest BCUT2D eigenvalue weighted by atomic mass is 9.91. The van der Waals surface area contributed by atoms with Crippen LogP contribution in [0.1, 0.15) is 26.2 Å². The fraction of sp³-hybridized carbons (Fsp3) is 1.00. The van der Waals surface area contributed by atoms with Crippen LogP contribution in [0.5, 0.6) is 0 Å². The first-order chi connectivity index (χ1) is 4.62. The van der Waals surface area contributed by atoms with E-state index in [1.807, 2.05) is 0 Å². The summed E-state index contributed by atoms with van der Waals surface area (Å²) < 4.78 is 25.3. The summed E-state index contributed by atoms with van der Waals surface area (Å²) >= 11 is 0. The van der Waals surface area contributed by atoms with Gasteiger partial charge in [-0.15, -0.1) is 0 Å². The topological polar surface area (TPSA) is 0 Å². The number of halogens is 2. The Balaban J connectivity index is 2.04. The number of hydrogen-bond acceptors (Lipinski definition) is 0. The van der Waals surface area contributed by atoms with Crippen molar-refractivity contribution in [3.8, 4) is 0 Å². The van der Waals surface area contributed by atoms with Crippen molar-refractivity contribution < 1.29 is 8.78 Å². The number of fused-ring (bicyclic) bond motifs is 1. The van der Waals surface area contributed by atoms with Crippen molar-refractivity contribution in [2.75, 3.05) is 0 Å². The second kappa shape index (κ2) is 1.72. The molecular weight excluding hydrogens is 134 g/mol. The summed E-state index contributed by atoms with van der Waals surface area (Å²) in [6.45, 7) is 2.07. The van der Waals surface area contributed by atoms with Gasteiger partial charge in [-0.2, -0.15) is 0 Å². The summed E-state index contributed by atoms with van der Waals surface area (Å²) in [5.41, 5.74) is 0. The van der Waals surface area contributed by atoms with Gasteiger partial charge in [0.15, 0.2) is 0 Å². The highest BCUT2D eigenvalue weighted by molar-refractivity contribution is 5.07. The SMILES string of the molecule is CC1CC[C@@H]2[C@H](C1)C2(F)F. The molecule has 1 unspecified atom stereocenters. The van der Waals surface area contributed by atoms with Gasteiger partial charge in [0, 0.05) is 11.8 Å². The van der Waals surface area contributed by atoms with Gasteiger partial charge in [-0.25, -0.2) is 8.78 Å². The lowest BCUT2D eigenvalue weighted by Crippen LogP contribution is -2.03. The molecule has 0 aliphatic heterocycles. The molecule has 2 heteroatoms. The molecule has 2 aliphatic carbocycles. The fourth-order valence-corrected chi connectivity index (χ4v) is 2.19. The van der Waals surface area contributed by atoms with Crippen LogP contribution in [0.2, 0.25) is 0 Å². The third kappa shape index (κ3) is 0.708. The Morgan fingerprint density at radius 1 is 1.20 bits per heavy atom. The molecule has 2 rings (SSSR count). The quantitative estimate of drug-likeness (QED) is 0.493. The van der Waals surface area contributed by atoms with Crippen molar-refractivity contribution >= 4 is 0 Å². The predicted octanol–water partition coefficient (Wildman–Crippen LogP) is 2.69. The van der Waals surface area contributed by atoms with E-state index in [4.69, 9.17) is 0 Å². The average molecular weight is 146 g/mol. The van der Waals surface area contributed by atoms with Crippen LogP contribution in [0.25, 0.3) is 0 Å². The molecule has 2 aliphatic rings. The van der Waals surface area contributed by atoms with Gasteiger partial charge >= 0.3 is 0 Å². The molecule has 0 heterocycles. The molecule has 0 aromatic heterocycles. The molecule has 0 aromatic rings. The van der Waals surface area contributed by atoms with E-state index in [9.17, 15) is 8.78 Å². The maximum Gasteiger partial charge on any atom is 0.254 e. The van der Waals surface area contributed by atoms with E-state index in [0.29, 0.717) is 5.92 Å². The van der Waals surface area contributed by atoms with Crippen LogP contribution in [0.4, 0.5) is 8.78 Å². The minimum Gasteiger partial charge on any atom is -0.206 e. The standard InChI is InChI=1S/C8H12F2/c1-5-2-3-6-7(4-5)8(6,9)10/h5-7H,2-4H2,1H3/t5?,6-,7+/m1/s1. The third-order valence-corrected chi connectivity index (χ3v) is 2.99. The first-order valence-electron chi connectivity index (χ1n) is 4.00. The van der Waals surface area contributed by atoms with Gasteiger partial charge in [0.25, 0.3) is 5.92 Å². The van der Waals surface area contributed by atoms with Crippen molar-refractivity contribution in [3.63, 3.8) is 0 Å². The van der Waals surface area contributed by atoms with Gasteiger partial charge in [0.1, 0.15) is 0 Å². The van der Waals surface area contributed by atoms with E-state index in [1.54, 1.807) is 0 Å². The molecule has 0 saturated heterocycles. The van der Waals surface area contributed by atoms with Crippen LogP contribution in [0.15, 0.2) is 0 Å². The highest BCUT2D eigenvalue weighted by atomic mass is 19.3. The first kappa shape index (κ1) is 6.56. The minimum atomic E-state index is -2.27. The van der Waals surface area contributed by atoms with Gasteiger partial charge in [-0.1, -0.05) is 13.3 Å². The Bertz CT molecular complexity index is 153. The molecular formula is C8H12F2. The van der Waals surface area contributed by atoms with Crippen LogP contribution < -0.4 is 0 Å². The molecule has 0 N–H and O–H groups in total. The van der Waals surface area contributed by atoms with Crippen LogP contribution >= 0.6 is 0 Å². The maximum atomic E-state index is 12.7. The molecule has 0 spiro atoms. The first-order valence-corrected chi connectivity index (χ1v) is 4.00. The Morgan fingerprint density at radius 3 is 2.40 bits per heavy atom. The van der Waals surface area contributed by atoms with E-state index < -0.39 is 5.92 Å². The number of rotatable bonds is 0. The van der Waals surface area contributed by atoms with Crippen LogP contribution in [-0.2, 0) is 0 Å². The maximum absolute atomic E-state index is 12.7. The monoisotopic (exact) mass is 146 g/mol. The van der Waals surface area contributed by atoms with Crippen molar-refractivity contribution in [3.05, 3.63) is 0 Å². The van der Waals surface area contributed by atoms with Crippen molar-refractivity contribution in [2.45, 2.75) is 32.1 Å². The Morgan fingerprint density at radius 2 is 1.90 bits per heavy atom. The molecule has 10 heavy (non-hydrogen) atoms. The lowest BCUT2D eigenvalue weighted by molar-refractivity contribution is 0.0844. The van der Waals surface area contributed by atoms with Gasteiger partial charge < -0.3 is 0 Å². The summed E-state index contributed by atoms with van der Waals surface area (Å²) in [6.07, 6.45) is 2.53. The average Bonchev–Trinajstić information content (AvgIpc) is 2.36. The molecule has 0 aromatic carbocycles. The summed E-state index contributed by atoms with van der Waals surface area (Å²) in [6, 6.07) is 0. The molecule has 58 valence electrons. The van der Waals surface area contributed by atoms with E-state index in [0.717, 1.165) is 19.3 Å². The second-order valence-corrected chi connectivity index (χ2v) is 3.81. The van der Waals surface area contributed by atoms with Crippen LogP contribution in [0.3, 0.4) is 0 Å². The summed E-state index contributed by atoms with van der Waals surface area (Å²) in [5, 5.41) is 0. The van der Waals surface area contributed by atoms with E-state index in [1.165, 1.54) is 0 Å². The zero-order chi connectivity index (χ0) is 7.35. The molecule has 2 saturated carbocycles. The van der Waals surface area contributed by atoms with Crippen molar-refractivity contribution in [1.82, 2.24) is 0 Å². The van der Waals surface area contributed by atoms with Crippen molar-refractivity contribution in [2.24, 2.45) is 17.8 Å². The molecule has 0 amide bonds. The third-order valence-electron chi connectivity index (χ3n) is 2.99. The lowest BCUT2D eigenvalue weighted by Gasteiger charge is -2.13. The molecule has 0 bridgehead atoms. The molecule has 2 fully saturated rings. The summed E-state index contributed by atoms with van der Waals surface area (Å²) in [4.78, 5) is 0. The normalized spacial score (nSPS) is 50.1. The Kier molecular flexibility index (Phi) is 1.13.